The van der Waals surface area contributed by atoms with E-state index in [1.54, 1.807) is 24.4 Å². The van der Waals surface area contributed by atoms with Crippen molar-refractivity contribution >= 4 is 11.7 Å². The van der Waals surface area contributed by atoms with Crippen LogP contribution in [0.3, 0.4) is 0 Å². The first kappa shape index (κ1) is 16.6. The number of carbonyl (C=O) groups is 1. The molecule has 2 N–H and O–H groups in total. The third-order valence-corrected chi connectivity index (χ3v) is 3.68. The molecule has 7 nitrogen and oxygen atoms in total. The minimum absolute atomic E-state index is 0.112. The average molecular weight is 337 g/mol. The highest BCUT2D eigenvalue weighted by Gasteiger charge is 2.12. The SMILES string of the molecule is CC[C@H](C)NC(=O)Nc1cccc(-c2noc(-c3ccccn3)n2)c1. The standard InChI is InChI=1S/C18H19N5O2/c1-3-12(2)20-18(24)21-14-8-6-7-13(11-14)16-22-17(25-23-16)15-9-4-5-10-19-15/h4-12H,3H2,1-2H3,(H2,20,21,24)/t12-/m0/s1. The van der Waals surface area contributed by atoms with Crippen LogP contribution in [-0.4, -0.2) is 27.2 Å². The van der Waals surface area contributed by atoms with E-state index in [2.05, 4.69) is 25.8 Å². The molecule has 0 bridgehead atoms. The van der Waals surface area contributed by atoms with Crippen molar-refractivity contribution in [3.63, 3.8) is 0 Å². The minimum atomic E-state index is -0.242. The fraction of sp³-hybridized carbons (Fsp3) is 0.222. The Bertz CT molecular complexity index is 847. The first-order chi connectivity index (χ1) is 12.2. The number of rotatable bonds is 5. The quantitative estimate of drug-likeness (QED) is 0.740. The van der Waals surface area contributed by atoms with E-state index < -0.39 is 0 Å². The highest BCUT2D eigenvalue weighted by Crippen LogP contribution is 2.23. The summed E-state index contributed by atoms with van der Waals surface area (Å²) in [5.74, 6) is 0.787. The first-order valence-corrected chi connectivity index (χ1v) is 8.08. The normalized spacial score (nSPS) is 11.8. The Labute approximate surface area is 145 Å². The van der Waals surface area contributed by atoms with Crippen LogP contribution in [0.5, 0.6) is 0 Å². The van der Waals surface area contributed by atoms with Crippen molar-refractivity contribution in [2.75, 3.05) is 5.32 Å². The summed E-state index contributed by atoms with van der Waals surface area (Å²) >= 11 is 0. The minimum Gasteiger partial charge on any atom is -0.335 e. The summed E-state index contributed by atoms with van der Waals surface area (Å²) in [4.78, 5) is 20.5. The van der Waals surface area contributed by atoms with Gasteiger partial charge in [-0.3, -0.25) is 4.98 Å². The average Bonchev–Trinajstić information content (AvgIpc) is 3.12. The van der Waals surface area contributed by atoms with Gasteiger partial charge in [0, 0.05) is 23.5 Å². The summed E-state index contributed by atoms with van der Waals surface area (Å²) in [6.07, 6.45) is 2.53. The zero-order chi connectivity index (χ0) is 17.6. The maximum Gasteiger partial charge on any atom is 0.319 e. The molecule has 2 amide bonds. The number of pyridine rings is 1. The largest absolute Gasteiger partial charge is 0.335 e. The van der Waals surface area contributed by atoms with Crippen molar-refractivity contribution < 1.29 is 9.32 Å². The predicted molar refractivity (Wildman–Crippen MR) is 94.9 cm³/mol. The molecule has 3 rings (SSSR count). The molecular weight excluding hydrogens is 318 g/mol. The number of nitrogens with zero attached hydrogens (tertiary/aromatic N) is 3. The lowest BCUT2D eigenvalue weighted by molar-refractivity contribution is 0.249. The number of amides is 2. The lowest BCUT2D eigenvalue weighted by Gasteiger charge is -2.12. The molecule has 2 aromatic heterocycles. The molecule has 1 atom stereocenters. The van der Waals surface area contributed by atoms with Gasteiger partial charge in [0.1, 0.15) is 5.69 Å². The molecule has 0 saturated carbocycles. The molecule has 0 aliphatic carbocycles. The Morgan fingerprint density at radius 3 is 2.88 bits per heavy atom. The number of carbonyl (C=O) groups excluding carboxylic acids is 1. The summed E-state index contributed by atoms with van der Waals surface area (Å²) in [5.41, 5.74) is 2.01. The van der Waals surface area contributed by atoms with Crippen LogP contribution in [0.25, 0.3) is 23.0 Å². The monoisotopic (exact) mass is 337 g/mol. The van der Waals surface area contributed by atoms with Gasteiger partial charge in [0.25, 0.3) is 5.89 Å². The van der Waals surface area contributed by atoms with Crippen LogP contribution in [0.15, 0.2) is 53.2 Å². The Hall–Kier alpha value is -3.22. The van der Waals surface area contributed by atoms with E-state index in [0.29, 0.717) is 23.1 Å². The van der Waals surface area contributed by atoms with Crippen molar-refractivity contribution in [2.24, 2.45) is 0 Å². The Balaban J connectivity index is 1.76. The number of aromatic nitrogens is 3. The number of urea groups is 1. The van der Waals surface area contributed by atoms with Crippen molar-refractivity contribution in [2.45, 2.75) is 26.3 Å². The van der Waals surface area contributed by atoms with Crippen LogP contribution in [0.2, 0.25) is 0 Å². The van der Waals surface area contributed by atoms with Gasteiger partial charge in [-0.05, 0) is 37.6 Å². The highest BCUT2D eigenvalue weighted by atomic mass is 16.5. The number of hydrogen-bond donors (Lipinski definition) is 2. The molecular formula is C18H19N5O2. The summed E-state index contributed by atoms with van der Waals surface area (Å²) in [6, 6.07) is 12.6. The van der Waals surface area contributed by atoms with Gasteiger partial charge in [0.15, 0.2) is 0 Å². The molecule has 2 heterocycles. The van der Waals surface area contributed by atoms with Gasteiger partial charge in [-0.25, -0.2) is 4.79 Å². The van der Waals surface area contributed by atoms with E-state index in [-0.39, 0.29) is 12.1 Å². The lowest BCUT2D eigenvalue weighted by Crippen LogP contribution is -2.35. The number of benzene rings is 1. The molecule has 0 spiro atoms. The molecule has 128 valence electrons. The summed E-state index contributed by atoms with van der Waals surface area (Å²) in [7, 11) is 0. The molecule has 3 aromatic rings. The second-order valence-corrected chi connectivity index (χ2v) is 5.63. The third-order valence-electron chi connectivity index (χ3n) is 3.68. The summed E-state index contributed by atoms with van der Waals surface area (Å²) in [6.45, 7) is 3.97. The molecule has 25 heavy (non-hydrogen) atoms. The van der Waals surface area contributed by atoms with Crippen LogP contribution in [-0.2, 0) is 0 Å². The Morgan fingerprint density at radius 2 is 2.12 bits per heavy atom. The molecule has 0 fully saturated rings. The molecule has 0 radical (unpaired) electrons. The third kappa shape index (κ3) is 4.20. The first-order valence-electron chi connectivity index (χ1n) is 8.08. The number of anilines is 1. The molecule has 7 heteroatoms. The molecule has 0 unspecified atom stereocenters. The van der Waals surface area contributed by atoms with E-state index in [9.17, 15) is 4.79 Å². The molecule has 0 aliphatic heterocycles. The Kier molecular flexibility index (Phi) is 5.03. The number of hydrogen-bond acceptors (Lipinski definition) is 5. The zero-order valence-corrected chi connectivity index (χ0v) is 14.1. The van der Waals surface area contributed by atoms with E-state index in [4.69, 9.17) is 4.52 Å². The van der Waals surface area contributed by atoms with Crippen LogP contribution in [0.4, 0.5) is 10.5 Å². The van der Waals surface area contributed by atoms with Gasteiger partial charge >= 0.3 is 6.03 Å². The fourth-order valence-corrected chi connectivity index (χ4v) is 2.16. The zero-order valence-electron chi connectivity index (χ0n) is 14.1. The fourth-order valence-electron chi connectivity index (χ4n) is 2.16. The van der Waals surface area contributed by atoms with Crippen LogP contribution < -0.4 is 10.6 Å². The van der Waals surface area contributed by atoms with Gasteiger partial charge in [0.05, 0.1) is 0 Å². The Morgan fingerprint density at radius 1 is 1.24 bits per heavy atom. The topological polar surface area (TPSA) is 92.9 Å². The van der Waals surface area contributed by atoms with Gasteiger partial charge < -0.3 is 15.2 Å². The molecule has 0 aliphatic rings. The van der Waals surface area contributed by atoms with Crippen molar-refractivity contribution in [1.29, 1.82) is 0 Å². The molecule has 1 aromatic carbocycles. The van der Waals surface area contributed by atoms with Crippen molar-refractivity contribution in [1.82, 2.24) is 20.4 Å². The van der Waals surface area contributed by atoms with Crippen molar-refractivity contribution in [3.05, 3.63) is 48.7 Å². The van der Waals surface area contributed by atoms with Crippen LogP contribution in [0.1, 0.15) is 20.3 Å². The van der Waals surface area contributed by atoms with Gasteiger partial charge in [-0.15, -0.1) is 0 Å². The van der Waals surface area contributed by atoms with E-state index in [1.165, 1.54) is 0 Å². The highest BCUT2D eigenvalue weighted by molar-refractivity contribution is 5.90. The second kappa shape index (κ2) is 7.57. The maximum absolute atomic E-state index is 11.9. The van der Waals surface area contributed by atoms with E-state index in [1.807, 2.05) is 38.1 Å². The second-order valence-electron chi connectivity index (χ2n) is 5.63. The number of nitrogens with one attached hydrogen (secondary N) is 2. The molecule has 0 saturated heterocycles. The summed E-state index contributed by atoms with van der Waals surface area (Å²) < 4.78 is 5.27. The smallest absolute Gasteiger partial charge is 0.319 e. The van der Waals surface area contributed by atoms with Gasteiger partial charge in [-0.1, -0.05) is 30.3 Å². The summed E-state index contributed by atoms with van der Waals surface area (Å²) in [5, 5.41) is 9.65. The van der Waals surface area contributed by atoms with Crippen LogP contribution >= 0.6 is 0 Å². The lowest BCUT2D eigenvalue weighted by atomic mass is 10.2. The predicted octanol–water partition coefficient (Wildman–Crippen LogP) is 3.72. The van der Waals surface area contributed by atoms with Crippen LogP contribution in [0, 0.1) is 0 Å². The van der Waals surface area contributed by atoms with Crippen molar-refractivity contribution in [3.8, 4) is 23.0 Å². The van der Waals surface area contributed by atoms with E-state index >= 15 is 0 Å². The van der Waals surface area contributed by atoms with Gasteiger partial charge in [0.2, 0.25) is 5.82 Å². The van der Waals surface area contributed by atoms with E-state index in [0.717, 1.165) is 12.0 Å². The van der Waals surface area contributed by atoms with Gasteiger partial charge in [-0.2, -0.15) is 4.98 Å². The maximum atomic E-state index is 11.9.